The van der Waals surface area contributed by atoms with Crippen LogP contribution in [0.15, 0.2) is 57.9 Å². The Morgan fingerprint density at radius 3 is 2.52 bits per heavy atom. The molecule has 4 rings (SSSR count). The normalized spacial score (nSPS) is 15.6. The highest BCUT2D eigenvalue weighted by Gasteiger charge is 2.33. The molecular formula is C20H9Cl4NO2S2. The molecule has 1 amide bonds. The lowest BCUT2D eigenvalue weighted by atomic mass is 10.2. The number of thioether (sulfide) groups is 1. The molecule has 0 bridgehead atoms. The third-order valence-corrected chi connectivity index (χ3v) is 6.93. The molecule has 0 saturated carbocycles. The molecule has 1 aliphatic rings. The van der Waals surface area contributed by atoms with Crippen LogP contribution in [0.3, 0.4) is 0 Å². The van der Waals surface area contributed by atoms with Crippen molar-refractivity contribution in [3.63, 3.8) is 0 Å². The minimum atomic E-state index is -0.267. The van der Waals surface area contributed by atoms with Gasteiger partial charge in [-0.2, -0.15) is 0 Å². The van der Waals surface area contributed by atoms with Gasteiger partial charge in [0.25, 0.3) is 5.91 Å². The zero-order valence-electron chi connectivity index (χ0n) is 14.3. The molecule has 146 valence electrons. The molecule has 9 heteroatoms. The third-order valence-electron chi connectivity index (χ3n) is 4.07. The Labute approximate surface area is 196 Å². The fourth-order valence-corrected chi connectivity index (χ4v) is 4.68. The molecule has 0 spiro atoms. The lowest BCUT2D eigenvalue weighted by molar-refractivity contribution is -0.113. The largest absolute Gasteiger partial charge is 0.457 e. The molecule has 0 unspecified atom stereocenters. The van der Waals surface area contributed by atoms with Gasteiger partial charge in [0.1, 0.15) is 11.5 Å². The average molecular weight is 501 g/mol. The number of carbonyl (C=O) groups is 1. The highest BCUT2D eigenvalue weighted by atomic mass is 35.5. The Bertz CT molecular complexity index is 1190. The Morgan fingerprint density at radius 1 is 0.966 bits per heavy atom. The predicted molar refractivity (Wildman–Crippen MR) is 126 cm³/mol. The van der Waals surface area contributed by atoms with Gasteiger partial charge in [0, 0.05) is 11.6 Å². The van der Waals surface area contributed by atoms with E-state index in [1.54, 1.807) is 54.6 Å². The molecule has 0 radical (unpaired) electrons. The molecule has 1 aliphatic heterocycles. The topological polar surface area (TPSA) is 33.5 Å². The number of rotatable bonds is 3. The standard InChI is InChI=1S/C20H9Cl4NO2S2/c21-13-6-4-10(8-15(13)23)25-19(26)17(29-20(25)28)9-11-5-7-16(27-11)12-2-1-3-14(22)18(12)24/h1-9H/b17-9-. The van der Waals surface area contributed by atoms with Gasteiger partial charge in [-0.3, -0.25) is 9.69 Å². The van der Waals surface area contributed by atoms with E-state index < -0.39 is 0 Å². The third kappa shape index (κ3) is 4.08. The predicted octanol–water partition coefficient (Wildman–Crippen LogP) is 7.97. The molecular weight excluding hydrogens is 492 g/mol. The van der Waals surface area contributed by atoms with Gasteiger partial charge in [-0.1, -0.05) is 76.4 Å². The number of nitrogens with zero attached hydrogens (tertiary/aromatic N) is 1. The summed E-state index contributed by atoms with van der Waals surface area (Å²) in [7, 11) is 0. The minimum absolute atomic E-state index is 0.267. The fraction of sp³-hybridized carbons (Fsp3) is 0. The lowest BCUT2D eigenvalue weighted by Gasteiger charge is -2.15. The van der Waals surface area contributed by atoms with Crippen LogP contribution in [-0.4, -0.2) is 10.2 Å². The van der Waals surface area contributed by atoms with Gasteiger partial charge in [0.2, 0.25) is 0 Å². The van der Waals surface area contributed by atoms with Crippen LogP contribution >= 0.6 is 70.4 Å². The number of thiocarbonyl (C=S) groups is 1. The summed E-state index contributed by atoms with van der Waals surface area (Å²) in [5, 5.41) is 1.58. The molecule has 0 N–H and O–H groups in total. The Kier molecular flexibility index (Phi) is 5.98. The second-order valence-electron chi connectivity index (χ2n) is 5.92. The first-order chi connectivity index (χ1) is 13.8. The van der Waals surface area contributed by atoms with Crippen LogP contribution in [0.25, 0.3) is 17.4 Å². The molecule has 29 heavy (non-hydrogen) atoms. The van der Waals surface area contributed by atoms with Crippen LogP contribution < -0.4 is 4.90 Å². The summed E-state index contributed by atoms with van der Waals surface area (Å²) in [6.07, 6.45) is 1.64. The number of carbonyl (C=O) groups excluding carboxylic acids is 1. The quantitative estimate of drug-likeness (QED) is 0.269. The number of anilines is 1. The zero-order valence-corrected chi connectivity index (χ0v) is 18.9. The number of furan rings is 1. The maximum absolute atomic E-state index is 12.9. The number of benzene rings is 2. The summed E-state index contributed by atoms with van der Waals surface area (Å²) in [4.78, 5) is 14.7. The first kappa shape index (κ1) is 20.8. The van der Waals surface area contributed by atoms with Crippen LogP contribution in [0.4, 0.5) is 5.69 Å². The van der Waals surface area contributed by atoms with Gasteiger partial charge < -0.3 is 4.42 Å². The molecule has 1 aromatic heterocycles. The van der Waals surface area contributed by atoms with E-state index in [0.717, 1.165) is 0 Å². The van der Waals surface area contributed by atoms with E-state index in [-0.39, 0.29) is 5.91 Å². The Morgan fingerprint density at radius 2 is 1.76 bits per heavy atom. The van der Waals surface area contributed by atoms with Gasteiger partial charge in [0.15, 0.2) is 4.32 Å². The van der Waals surface area contributed by atoms with Gasteiger partial charge in [-0.05, 0) is 42.5 Å². The van der Waals surface area contributed by atoms with E-state index in [2.05, 4.69) is 0 Å². The zero-order chi connectivity index (χ0) is 20.7. The van der Waals surface area contributed by atoms with Crippen LogP contribution in [-0.2, 0) is 4.79 Å². The summed E-state index contributed by atoms with van der Waals surface area (Å²) in [6.45, 7) is 0. The molecule has 0 atom stereocenters. The van der Waals surface area contributed by atoms with Crippen molar-refractivity contribution in [3.05, 3.63) is 79.3 Å². The van der Waals surface area contributed by atoms with Gasteiger partial charge >= 0.3 is 0 Å². The second kappa shape index (κ2) is 8.34. The van der Waals surface area contributed by atoms with E-state index in [0.29, 0.717) is 52.1 Å². The number of hydrogen-bond acceptors (Lipinski definition) is 4. The maximum atomic E-state index is 12.9. The van der Waals surface area contributed by atoms with Gasteiger partial charge in [-0.15, -0.1) is 0 Å². The molecule has 3 aromatic rings. The SMILES string of the molecule is O=C1/C(=C/c2ccc(-c3cccc(Cl)c3Cl)o2)SC(=S)N1c1ccc(Cl)c(Cl)c1. The first-order valence-corrected chi connectivity index (χ1v) is 10.9. The van der Waals surface area contributed by atoms with E-state index in [9.17, 15) is 4.79 Å². The smallest absolute Gasteiger partial charge is 0.270 e. The van der Waals surface area contributed by atoms with Crippen LogP contribution in [0.2, 0.25) is 20.1 Å². The van der Waals surface area contributed by atoms with Crippen LogP contribution in [0.5, 0.6) is 0 Å². The van der Waals surface area contributed by atoms with Crippen molar-refractivity contribution in [1.82, 2.24) is 0 Å². The van der Waals surface area contributed by atoms with Crippen molar-refractivity contribution in [2.24, 2.45) is 0 Å². The highest BCUT2D eigenvalue weighted by Crippen LogP contribution is 2.39. The van der Waals surface area contributed by atoms with Crippen LogP contribution in [0, 0.1) is 0 Å². The van der Waals surface area contributed by atoms with E-state index in [1.165, 1.54) is 16.7 Å². The van der Waals surface area contributed by atoms with Crippen molar-refractivity contribution >= 4 is 92.4 Å². The van der Waals surface area contributed by atoms with Crippen molar-refractivity contribution in [2.45, 2.75) is 0 Å². The maximum Gasteiger partial charge on any atom is 0.270 e. The van der Waals surface area contributed by atoms with Crippen molar-refractivity contribution in [1.29, 1.82) is 0 Å². The molecule has 1 fully saturated rings. The summed E-state index contributed by atoms with van der Waals surface area (Å²) in [6, 6.07) is 13.7. The molecule has 1 saturated heterocycles. The van der Waals surface area contributed by atoms with E-state index >= 15 is 0 Å². The molecule has 2 heterocycles. The van der Waals surface area contributed by atoms with E-state index in [4.69, 9.17) is 63.0 Å². The first-order valence-electron chi connectivity index (χ1n) is 8.12. The van der Waals surface area contributed by atoms with E-state index in [1.807, 2.05) is 0 Å². The number of hydrogen-bond donors (Lipinski definition) is 0. The van der Waals surface area contributed by atoms with Crippen molar-refractivity contribution in [2.75, 3.05) is 4.90 Å². The van der Waals surface area contributed by atoms with Crippen LogP contribution in [0.1, 0.15) is 5.76 Å². The number of halogens is 4. The van der Waals surface area contributed by atoms with Gasteiger partial charge in [-0.25, -0.2) is 0 Å². The Balaban J connectivity index is 1.63. The molecule has 0 aliphatic carbocycles. The van der Waals surface area contributed by atoms with Gasteiger partial charge in [0.05, 0.1) is 30.7 Å². The minimum Gasteiger partial charge on any atom is -0.457 e. The van der Waals surface area contributed by atoms with Crippen molar-refractivity contribution in [3.8, 4) is 11.3 Å². The second-order valence-corrected chi connectivity index (χ2v) is 9.19. The summed E-state index contributed by atoms with van der Waals surface area (Å²) >= 11 is 30.9. The molecule has 2 aromatic carbocycles. The highest BCUT2D eigenvalue weighted by molar-refractivity contribution is 8.27. The summed E-state index contributed by atoms with van der Waals surface area (Å²) in [5.41, 5.74) is 1.22. The lowest BCUT2D eigenvalue weighted by Crippen LogP contribution is -2.27. The summed E-state index contributed by atoms with van der Waals surface area (Å²) in [5.74, 6) is 0.770. The molecule has 3 nitrogen and oxygen atoms in total. The average Bonchev–Trinajstić information content (AvgIpc) is 3.25. The Hall–Kier alpha value is -1.47. The van der Waals surface area contributed by atoms with Crippen molar-refractivity contribution < 1.29 is 9.21 Å². The summed E-state index contributed by atoms with van der Waals surface area (Å²) < 4.78 is 6.23. The fourth-order valence-electron chi connectivity index (χ4n) is 2.71. The monoisotopic (exact) mass is 499 g/mol. The number of amides is 1.